The molecule has 1 amide bonds. The Kier molecular flexibility index (Phi) is 9.90. The molecule has 1 saturated heterocycles. The number of amides is 1. The molecule has 5 rings (SSSR count). The summed E-state index contributed by atoms with van der Waals surface area (Å²) < 4.78 is 34.6. The number of nitrogens with one attached hydrogen (secondary N) is 1. The van der Waals surface area contributed by atoms with Gasteiger partial charge in [-0.1, -0.05) is 47.0 Å². The predicted molar refractivity (Wildman–Crippen MR) is 151 cm³/mol. The number of halogens is 2. The first-order valence-electron chi connectivity index (χ1n) is 12.8. The molecular formula is C27H32Cl2N4O5S. The highest BCUT2D eigenvalue weighted by molar-refractivity contribution is 7.85. The van der Waals surface area contributed by atoms with Gasteiger partial charge in [-0.3, -0.25) is 14.2 Å². The first-order chi connectivity index (χ1) is 18.6. The number of oxazole rings is 1. The molecule has 2 aliphatic rings. The standard InChI is InChI=1S/C20H24Cl2N4O2.C7H8O3S/c21-16-2-1-3-17(18(16)22)26-9-7-25(8-10-26)6-4-14-12-15(13-14)24-19(27)20-23-5-11-28-20;1-6-2-4-7(5-3-6)11(8,9)10/h1-3,5,11,14-15H,4,6-10,12-13H2,(H,24,27);2-5H,1H3,(H,8,9,10). The van der Waals surface area contributed by atoms with Gasteiger partial charge in [-0.15, -0.1) is 0 Å². The van der Waals surface area contributed by atoms with Gasteiger partial charge in [-0.25, -0.2) is 4.98 Å². The van der Waals surface area contributed by atoms with Gasteiger partial charge in [0.05, 0.1) is 26.8 Å². The molecule has 9 nitrogen and oxygen atoms in total. The Hall–Kier alpha value is -2.63. The monoisotopic (exact) mass is 594 g/mol. The summed E-state index contributed by atoms with van der Waals surface area (Å²) in [6, 6.07) is 12.0. The normalized spacial score (nSPS) is 19.5. The molecule has 39 heavy (non-hydrogen) atoms. The van der Waals surface area contributed by atoms with Crippen LogP contribution in [0.3, 0.4) is 0 Å². The minimum atomic E-state index is -4.02. The molecule has 0 unspecified atom stereocenters. The number of hydrogen-bond donors (Lipinski definition) is 2. The average molecular weight is 596 g/mol. The number of rotatable bonds is 7. The molecule has 12 heteroatoms. The SMILES string of the molecule is Cc1ccc(S(=O)(=O)O)cc1.O=C(NC1CC(CCN2CCN(c3cccc(Cl)c3Cl)CC2)C1)c1ncco1. The van der Waals surface area contributed by atoms with E-state index in [9.17, 15) is 13.2 Å². The van der Waals surface area contributed by atoms with Crippen LogP contribution < -0.4 is 10.2 Å². The number of aryl methyl sites for hydroxylation is 1. The van der Waals surface area contributed by atoms with Gasteiger partial charge < -0.3 is 14.6 Å². The van der Waals surface area contributed by atoms with E-state index >= 15 is 0 Å². The van der Waals surface area contributed by atoms with E-state index in [-0.39, 0.29) is 22.7 Å². The first-order valence-corrected chi connectivity index (χ1v) is 15.0. The van der Waals surface area contributed by atoms with Crippen LogP contribution in [0.15, 0.2) is 64.2 Å². The highest BCUT2D eigenvalue weighted by Gasteiger charge is 2.31. The number of carbonyl (C=O) groups is 1. The van der Waals surface area contributed by atoms with Gasteiger partial charge in [0.25, 0.3) is 16.0 Å². The van der Waals surface area contributed by atoms with Gasteiger partial charge in [0, 0.05) is 32.2 Å². The predicted octanol–water partition coefficient (Wildman–Crippen LogP) is 4.94. The zero-order valence-corrected chi connectivity index (χ0v) is 23.9. The Bertz CT molecular complexity index is 1340. The van der Waals surface area contributed by atoms with Crippen molar-refractivity contribution in [3.63, 3.8) is 0 Å². The number of benzene rings is 2. The fraction of sp³-hybridized carbons (Fsp3) is 0.407. The molecule has 0 atom stereocenters. The molecule has 0 spiro atoms. The van der Waals surface area contributed by atoms with E-state index in [1.807, 2.05) is 25.1 Å². The number of piperazine rings is 1. The molecule has 2 heterocycles. The topological polar surface area (TPSA) is 116 Å². The lowest BCUT2D eigenvalue weighted by Crippen LogP contribution is -2.48. The molecule has 1 aliphatic heterocycles. The molecule has 0 radical (unpaired) electrons. The van der Waals surface area contributed by atoms with Gasteiger partial charge in [0.1, 0.15) is 6.26 Å². The molecule has 2 fully saturated rings. The third-order valence-corrected chi connectivity index (χ3v) is 8.69. The molecule has 2 aromatic carbocycles. The zero-order chi connectivity index (χ0) is 28.0. The van der Waals surface area contributed by atoms with Gasteiger partial charge in [-0.05, 0) is 62.9 Å². The van der Waals surface area contributed by atoms with Crippen molar-refractivity contribution < 1.29 is 22.2 Å². The Morgan fingerprint density at radius 1 is 1.10 bits per heavy atom. The minimum Gasteiger partial charge on any atom is -0.441 e. The maximum Gasteiger partial charge on any atom is 0.307 e. The number of aromatic nitrogens is 1. The summed E-state index contributed by atoms with van der Waals surface area (Å²) in [5, 5.41) is 4.23. The Balaban J connectivity index is 0.000000270. The molecular weight excluding hydrogens is 563 g/mol. The maximum atomic E-state index is 11.9. The van der Waals surface area contributed by atoms with Crippen LogP contribution in [-0.2, 0) is 10.1 Å². The van der Waals surface area contributed by atoms with Crippen LogP contribution in [0.1, 0.15) is 35.5 Å². The zero-order valence-electron chi connectivity index (χ0n) is 21.6. The van der Waals surface area contributed by atoms with E-state index in [0.29, 0.717) is 16.0 Å². The second-order valence-electron chi connectivity index (χ2n) is 9.82. The van der Waals surface area contributed by atoms with Crippen LogP contribution in [0.5, 0.6) is 0 Å². The van der Waals surface area contributed by atoms with E-state index in [0.717, 1.165) is 56.8 Å². The summed E-state index contributed by atoms with van der Waals surface area (Å²) in [4.78, 5) is 20.5. The molecule has 1 saturated carbocycles. The van der Waals surface area contributed by atoms with Gasteiger partial charge >= 0.3 is 5.91 Å². The summed E-state index contributed by atoms with van der Waals surface area (Å²) in [6.07, 6.45) is 6.13. The van der Waals surface area contributed by atoms with E-state index in [1.54, 1.807) is 12.1 Å². The highest BCUT2D eigenvalue weighted by Crippen LogP contribution is 2.33. The molecule has 1 aromatic heterocycles. The van der Waals surface area contributed by atoms with E-state index < -0.39 is 10.1 Å². The summed E-state index contributed by atoms with van der Waals surface area (Å²) in [5.74, 6) is 0.598. The van der Waals surface area contributed by atoms with Crippen LogP contribution in [0.25, 0.3) is 0 Å². The molecule has 3 aromatic rings. The summed E-state index contributed by atoms with van der Waals surface area (Å²) >= 11 is 12.5. The van der Waals surface area contributed by atoms with Crippen LogP contribution in [0.4, 0.5) is 5.69 Å². The highest BCUT2D eigenvalue weighted by atomic mass is 35.5. The van der Waals surface area contributed by atoms with Gasteiger partial charge in [-0.2, -0.15) is 8.42 Å². The largest absolute Gasteiger partial charge is 0.441 e. The summed E-state index contributed by atoms with van der Waals surface area (Å²) in [5.41, 5.74) is 1.98. The Morgan fingerprint density at radius 2 is 1.79 bits per heavy atom. The second kappa shape index (κ2) is 13.1. The lowest BCUT2D eigenvalue weighted by atomic mass is 9.78. The molecule has 210 valence electrons. The smallest absolute Gasteiger partial charge is 0.307 e. The third kappa shape index (κ3) is 8.18. The van der Waals surface area contributed by atoms with Crippen molar-refractivity contribution in [2.75, 3.05) is 37.6 Å². The van der Waals surface area contributed by atoms with Crippen LogP contribution >= 0.6 is 23.2 Å². The fourth-order valence-electron chi connectivity index (χ4n) is 4.70. The van der Waals surface area contributed by atoms with Gasteiger partial charge in [0.15, 0.2) is 0 Å². The summed E-state index contributed by atoms with van der Waals surface area (Å²) in [6.45, 7) is 6.91. The van der Waals surface area contributed by atoms with Crippen molar-refractivity contribution in [2.24, 2.45) is 5.92 Å². The lowest BCUT2D eigenvalue weighted by molar-refractivity contribution is 0.0842. The van der Waals surface area contributed by atoms with Crippen molar-refractivity contribution in [3.05, 3.63) is 76.4 Å². The van der Waals surface area contributed by atoms with Crippen molar-refractivity contribution in [3.8, 4) is 0 Å². The lowest BCUT2D eigenvalue weighted by Gasteiger charge is -2.39. The van der Waals surface area contributed by atoms with Crippen LogP contribution in [0.2, 0.25) is 10.0 Å². The fourth-order valence-corrected chi connectivity index (χ4v) is 5.59. The van der Waals surface area contributed by atoms with Crippen molar-refractivity contribution in [1.82, 2.24) is 15.2 Å². The first kappa shape index (κ1) is 29.4. The Morgan fingerprint density at radius 3 is 2.41 bits per heavy atom. The number of anilines is 1. The minimum absolute atomic E-state index is 0.0666. The van der Waals surface area contributed by atoms with Crippen molar-refractivity contribution in [1.29, 1.82) is 0 Å². The Labute approximate surface area is 238 Å². The number of hydrogen-bond acceptors (Lipinski definition) is 7. The maximum absolute atomic E-state index is 11.9. The molecule has 1 aliphatic carbocycles. The van der Waals surface area contributed by atoms with E-state index in [1.165, 1.54) is 31.0 Å². The number of nitrogens with zero attached hydrogens (tertiary/aromatic N) is 3. The third-order valence-electron chi connectivity index (χ3n) is 7.01. The second-order valence-corrected chi connectivity index (χ2v) is 12.0. The van der Waals surface area contributed by atoms with Gasteiger partial charge in [0.2, 0.25) is 0 Å². The average Bonchev–Trinajstić information content (AvgIpc) is 3.43. The van der Waals surface area contributed by atoms with E-state index in [2.05, 4.69) is 20.1 Å². The number of carbonyl (C=O) groups excluding carboxylic acids is 1. The molecule has 2 N–H and O–H groups in total. The summed E-state index contributed by atoms with van der Waals surface area (Å²) in [7, 11) is -4.02. The molecule has 0 bridgehead atoms. The quantitative estimate of drug-likeness (QED) is 0.369. The van der Waals surface area contributed by atoms with Crippen molar-refractivity contribution in [2.45, 2.75) is 37.1 Å². The van der Waals surface area contributed by atoms with Crippen LogP contribution in [-0.4, -0.2) is 67.5 Å². The van der Waals surface area contributed by atoms with Crippen LogP contribution in [0, 0.1) is 12.8 Å². The van der Waals surface area contributed by atoms with Crippen molar-refractivity contribution >= 4 is 44.9 Å². The van der Waals surface area contributed by atoms with E-state index in [4.69, 9.17) is 32.2 Å².